The maximum atomic E-state index is 5.64. The maximum absolute atomic E-state index is 5.64. The molecule has 0 amide bonds. The lowest BCUT2D eigenvalue weighted by Gasteiger charge is -1.97. The van der Waals surface area contributed by atoms with Crippen molar-refractivity contribution in [2.75, 3.05) is 5.73 Å². The van der Waals surface area contributed by atoms with Crippen LogP contribution in [0, 0.1) is 0 Å². The van der Waals surface area contributed by atoms with E-state index in [0.29, 0.717) is 0 Å². The fourth-order valence-corrected chi connectivity index (χ4v) is 1.36. The van der Waals surface area contributed by atoms with Gasteiger partial charge in [-0.2, -0.15) is 5.10 Å². The van der Waals surface area contributed by atoms with Gasteiger partial charge in [-0.1, -0.05) is 0 Å². The third kappa shape index (κ3) is 0.942. The first-order valence-electron chi connectivity index (χ1n) is 4.02. The second kappa shape index (κ2) is 2.52. The van der Waals surface area contributed by atoms with Gasteiger partial charge >= 0.3 is 0 Å². The van der Waals surface area contributed by atoms with Crippen molar-refractivity contribution in [1.29, 1.82) is 0 Å². The molecule has 0 aliphatic carbocycles. The number of hydrogen-bond acceptors (Lipinski definition) is 2. The largest absolute Gasteiger partial charge is 0.399 e. The Morgan fingerprint density at radius 1 is 1.50 bits per heavy atom. The standard InChI is InChI=1S/C9H11N3/c1-2-12-9-4-3-8(10)5-7(9)6-11-12/h3-6H,2,10H2,1H3. The van der Waals surface area contributed by atoms with Gasteiger partial charge < -0.3 is 5.73 Å². The van der Waals surface area contributed by atoms with Crippen LogP contribution >= 0.6 is 0 Å². The summed E-state index contributed by atoms with van der Waals surface area (Å²) in [6.45, 7) is 2.97. The zero-order valence-corrected chi connectivity index (χ0v) is 6.99. The van der Waals surface area contributed by atoms with Crippen molar-refractivity contribution in [2.24, 2.45) is 0 Å². The Labute approximate surface area is 70.8 Å². The minimum atomic E-state index is 0.790. The number of anilines is 1. The molecule has 2 N–H and O–H groups in total. The van der Waals surface area contributed by atoms with Gasteiger partial charge in [-0.05, 0) is 25.1 Å². The van der Waals surface area contributed by atoms with Gasteiger partial charge in [0, 0.05) is 17.6 Å². The molecule has 1 aromatic carbocycles. The molecule has 0 saturated carbocycles. The van der Waals surface area contributed by atoms with Gasteiger partial charge in [-0.15, -0.1) is 0 Å². The van der Waals surface area contributed by atoms with Gasteiger partial charge in [-0.3, -0.25) is 4.68 Å². The second-order valence-corrected chi connectivity index (χ2v) is 2.78. The number of benzene rings is 1. The van der Waals surface area contributed by atoms with Crippen molar-refractivity contribution >= 4 is 16.6 Å². The summed E-state index contributed by atoms with van der Waals surface area (Å²) >= 11 is 0. The molecule has 62 valence electrons. The fourth-order valence-electron chi connectivity index (χ4n) is 1.36. The van der Waals surface area contributed by atoms with Gasteiger partial charge in [-0.25, -0.2) is 0 Å². The van der Waals surface area contributed by atoms with Crippen LogP contribution < -0.4 is 5.73 Å². The molecule has 0 aliphatic rings. The molecule has 3 heteroatoms. The molecule has 1 aromatic heterocycles. The highest BCUT2D eigenvalue weighted by Gasteiger charge is 1.99. The van der Waals surface area contributed by atoms with Gasteiger partial charge in [0.05, 0.1) is 11.7 Å². The number of nitrogens with two attached hydrogens (primary N) is 1. The van der Waals surface area contributed by atoms with E-state index in [1.54, 1.807) is 0 Å². The molecule has 0 fully saturated rings. The molecule has 2 rings (SSSR count). The Morgan fingerprint density at radius 3 is 3.08 bits per heavy atom. The van der Waals surface area contributed by atoms with Crippen LogP contribution in [0.4, 0.5) is 5.69 Å². The van der Waals surface area contributed by atoms with Crippen molar-refractivity contribution in [3.05, 3.63) is 24.4 Å². The molecule has 12 heavy (non-hydrogen) atoms. The monoisotopic (exact) mass is 161 g/mol. The Balaban J connectivity index is 2.73. The lowest BCUT2D eigenvalue weighted by Crippen LogP contribution is -1.94. The van der Waals surface area contributed by atoms with Crippen molar-refractivity contribution in [1.82, 2.24) is 9.78 Å². The first-order valence-corrected chi connectivity index (χ1v) is 4.02. The number of fused-ring (bicyclic) bond motifs is 1. The van der Waals surface area contributed by atoms with E-state index in [-0.39, 0.29) is 0 Å². The Kier molecular flexibility index (Phi) is 1.50. The summed E-state index contributed by atoms with van der Waals surface area (Å²) in [5.74, 6) is 0. The number of aryl methyl sites for hydroxylation is 1. The highest BCUT2D eigenvalue weighted by molar-refractivity contribution is 5.81. The third-order valence-corrected chi connectivity index (χ3v) is 1.97. The number of rotatable bonds is 1. The highest BCUT2D eigenvalue weighted by Crippen LogP contribution is 2.16. The lowest BCUT2D eigenvalue weighted by atomic mass is 10.2. The summed E-state index contributed by atoms with van der Waals surface area (Å²) < 4.78 is 1.95. The minimum absolute atomic E-state index is 0.790. The molecule has 0 aliphatic heterocycles. The lowest BCUT2D eigenvalue weighted by molar-refractivity contribution is 0.684. The molecule has 2 aromatic rings. The van der Waals surface area contributed by atoms with Crippen LogP contribution in [0.1, 0.15) is 6.92 Å². The summed E-state index contributed by atoms with van der Waals surface area (Å²) in [6.07, 6.45) is 1.84. The van der Waals surface area contributed by atoms with Crippen LogP contribution in [0.5, 0.6) is 0 Å². The molecule has 0 atom stereocenters. The van der Waals surface area contributed by atoms with E-state index in [4.69, 9.17) is 5.73 Å². The Morgan fingerprint density at radius 2 is 2.33 bits per heavy atom. The van der Waals surface area contributed by atoms with Crippen LogP contribution in [0.15, 0.2) is 24.4 Å². The van der Waals surface area contributed by atoms with Gasteiger partial charge in [0.2, 0.25) is 0 Å². The van der Waals surface area contributed by atoms with Crippen LogP contribution in [0.3, 0.4) is 0 Å². The summed E-state index contributed by atoms with van der Waals surface area (Å²) in [5.41, 5.74) is 7.57. The van der Waals surface area contributed by atoms with E-state index < -0.39 is 0 Å². The molecule has 0 unspecified atom stereocenters. The fraction of sp³-hybridized carbons (Fsp3) is 0.222. The average molecular weight is 161 g/mol. The number of nitrogen functional groups attached to an aromatic ring is 1. The van der Waals surface area contributed by atoms with E-state index in [2.05, 4.69) is 12.0 Å². The van der Waals surface area contributed by atoms with E-state index in [0.717, 1.165) is 23.1 Å². The molecular formula is C9H11N3. The second-order valence-electron chi connectivity index (χ2n) is 2.78. The van der Waals surface area contributed by atoms with Gasteiger partial charge in [0.15, 0.2) is 0 Å². The normalized spacial score (nSPS) is 10.8. The van der Waals surface area contributed by atoms with Crippen LogP contribution in [0.2, 0.25) is 0 Å². The number of nitrogens with zero attached hydrogens (tertiary/aromatic N) is 2. The van der Waals surface area contributed by atoms with Crippen molar-refractivity contribution in [3.8, 4) is 0 Å². The van der Waals surface area contributed by atoms with Gasteiger partial charge in [0.1, 0.15) is 0 Å². The molecular weight excluding hydrogens is 150 g/mol. The van der Waals surface area contributed by atoms with Crippen molar-refractivity contribution in [2.45, 2.75) is 13.5 Å². The van der Waals surface area contributed by atoms with Crippen LogP contribution in [-0.4, -0.2) is 9.78 Å². The molecule has 0 radical (unpaired) electrons. The molecule has 1 heterocycles. The third-order valence-electron chi connectivity index (χ3n) is 1.97. The Hall–Kier alpha value is -1.51. The topological polar surface area (TPSA) is 43.8 Å². The van der Waals surface area contributed by atoms with Crippen molar-refractivity contribution < 1.29 is 0 Å². The SMILES string of the molecule is CCn1ncc2cc(N)ccc21. The quantitative estimate of drug-likeness (QED) is 0.646. The Bertz CT molecular complexity index is 403. The van der Waals surface area contributed by atoms with E-state index in [1.807, 2.05) is 29.1 Å². The molecule has 0 saturated heterocycles. The van der Waals surface area contributed by atoms with E-state index in [1.165, 1.54) is 0 Å². The summed E-state index contributed by atoms with van der Waals surface area (Å²) in [4.78, 5) is 0. The molecule has 0 spiro atoms. The smallest absolute Gasteiger partial charge is 0.0683 e. The summed E-state index contributed by atoms with van der Waals surface area (Å²) in [5, 5.41) is 5.32. The first-order chi connectivity index (χ1) is 5.81. The van der Waals surface area contributed by atoms with Crippen LogP contribution in [-0.2, 0) is 6.54 Å². The van der Waals surface area contributed by atoms with Crippen molar-refractivity contribution in [3.63, 3.8) is 0 Å². The highest BCUT2D eigenvalue weighted by atomic mass is 15.3. The summed E-state index contributed by atoms with van der Waals surface area (Å²) in [6, 6.07) is 5.84. The van der Waals surface area contributed by atoms with E-state index >= 15 is 0 Å². The van der Waals surface area contributed by atoms with Gasteiger partial charge in [0.25, 0.3) is 0 Å². The van der Waals surface area contributed by atoms with E-state index in [9.17, 15) is 0 Å². The summed E-state index contributed by atoms with van der Waals surface area (Å²) in [7, 11) is 0. The number of aromatic nitrogens is 2. The predicted molar refractivity (Wildman–Crippen MR) is 49.8 cm³/mol. The number of hydrogen-bond donors (Lipinski definition) is 1. The average Bonchev–Trinajstić information content (AvgIpc) is 2.46. The first kappa shape index (κ1) is 7.16. The zero-order chi connectivity index (χ0) is 8.55. The van der Waals surface area contributed by atoms with Crippen LogP contribution in [0.25, 0.3) is 10.9 Å². The maximum Gasteiger partial charge on any atom is 0.0683 e. The zero-order valence-electron chi connectivity index (χ0n) is 6.99. The predicted octanol–water partition coefficient (Wildman–Crippen LogP) is 1.64. The molecule has 0 bridgehead atoms. The minimum Gasteiger partial charge on any atom is -0.399 e. The molecule has 3 nitrogen and oxygen atoms in total.